The van der Waals surface area contributed by atoms with Crippen molar-refractivity contribution in [2.24, 2.45) is 0 Å². The normalized spacial score (nSPS) is 23.6. The number of hydrogen-bond acceptors (Lipinski definition) is 8. The van der Waals surface area contributed by atoms with Gasteiger partial charge in [0.05, 0.1) is 33.0 Å². The van der Waals surface area contributed by atoms with E-state index in [0.717, 1.165) is 4.90 Å². The van der Waals surface area contributed by atoms with Gasteiger partial charge in [0.25, 0.3) is 0 Å². The molecule has 0 aromatic carbocycles. The minimum atomic E-state index is -3.40. The van der Waals surface area contributed by atoms with Gasteiger partial charge in [-0.1, -0.05) is 0 Å². The second-order valence-corrected chi connectivity index (χ2v) is 8.12. The van der Waals surface area contributed by atoms with E-state index in [1.165, 1.54) is 0 Å². The Balaban J connectivity index is 2.05. The summed E-state index contributed by atoms with van der Waals surface area (Å²) in [6.45, 7) is 2.53. The first kappa shape index (κ1) is 15.9. The lowest BCUT2D eigenvalue weighted by Crippen LogP contribution is -2.33. The van der Waals surface area contributed by atoms with E-state index < -0.39 is 21.3 Å². The van der Waals surface area contributed by atoms with Crippen molar-refractivity contribution in [2.75, 3.05) is 45.6 Å². The molecule has 0 aliphatic carbocycles. The highest BCUT2D eigenvalue weighted by Gasteiger charge is 2.40. The molecule has 0 spiro atoms. The summed E-state index contributed by atoms with van der Waals surface area (Å²) < 4.78 is 49.2. The maximum Gasteiger partial charge on any atom is 0.410 e. The van der Waals surface area contributed by atoms with Gasteiger partial charge in [-0.3, -0.25) is 14.0 Å². The highest BCUT2D eigenvalue weighted by atomic mass is 31.2. The molecule has 20 heavy (non-hydrogen) atoms. The molecule has 0 aromatic heterocycles. The maximum absolute atomic E-state index is 12.1. The molecule has 2 rings (SSSR count). The third-order valence-corrected chi connectivity index (χ3v) is 6.21. The van der Waals surface area contributed by atoms with Gasteiger partial charge >= 0.3 is 21.3 Å². The number of amides is 1. The quantitative estimate of drug-likeness (QED) is 0.704. The van der Waals surface area contributed by atoms with E-state index in [4.69, 9.17) is 22.8 Å². The lowest BCUT2D eigenvalue weighted by molar-refractivity contribution is 0.114. The highest BCUT2D eigenvalue weighted by Crippen LogP contribution is 2.56. The summed E-state index contributed by atoms with van der Waals surface area (Å²) in [5.74, 6) is 0. The van der Waals surface area contributed by atoms with Crippen molar-refractivity contribution < 1.29 is 36.8 Å². The Morgan fingerprint density at radius 2 is 1.40 bits per heavy atom. The average Bonchev–Trinajstić information content (AvgIpc) is 2.99. The lowest BCUT2D eigenvalue weighted by atomic mass is 10.8. The van der Waals surface area contributed by atoms with Gasteiger partial charge < -0.3 is 22.8 Å². The van der Waals surface area contributed by atoms with Crippen LogP contribution in [-0.2, 0) is 32.0 Å². The van der Waals surface area contributed by atoms with Gasteiger partial charge in [0.15, 0.2) is 0 Å². The number of carbonyl (C=O) groups is 1. The Hall–Kier alpha value is -0.430. The van der Waals surface area contributed by atoms with E-state index in [2.05, 4.69) is 0 Å². The van der Waals surface area contributed by atoms with Crippen LogP contribution in [0.2, 0.25) is 0 Å². The molecule has 0 saturated carbocycles. The molecular weight excluding hydrogens is 312 g/mol. The maximum atomic E-state index is 12.1. The van der Waals surface area contributed by atoms with E-state index >= 15 is 0 Å². The molecule has 116 valence electrons. The van der Waals surface area contributed by atoms with Crippen LogP contribution in [-0.4, -0.2) is 56.6 Å². The summed E-state index contributed by atoms with van der Waals surface area (Å²) in [6, 6.07) is 0. The van der Waals surface area contributed by atoms with Gasteiger partial charge in [0.1, 0.15) is 12.6 Å². The summed E-state index contributed by atoms with van der Waals surface area (Å²) in [5, 5.41) is 0. The highest BCUT2D eigenvalue weighted by molar-refractivity contribution is 7.55. The molecule has 2 heterocycles. The molecule has 1 amide bonds. The van der Waals surface area contributed by atoms with Crippen LogP contribution in [0.1, 0.15) is 6.92 Å². The first-order valence-electron chi connectivity index (χ1n) is 6.14. The molecular formula is C9H17NO8P2. The van der Waals surface area contributed by atoms with Gasteiger partial charge in [-0.2, -0.15) is 0 Å². The molecule has 2 aliphatic rings. The van der Waals surface area contributed by atoms with E-state index in [9.17, 15) is 13.9 Å². The Labute approximate surface area is 116 Å². The predicted molar refractivity (Wildman–Crippen MR) is 67.6 cm³/mol. The third kappa shape index (κ3) is 4.04. The molecule has 2 aliphatic heterocycles. The van der Waals surface area contributed by atoms with E-state index in [1.807, 2.05) is 0 Å². The van der Waals surface area contributed by atoms with Crippen molar-refractivity contribution in [3.8, 4) is 0 Å². The van der Waals surface area contributed by atoms with E-state index in [0.29, 0.717) is 0 Å². The first-order chi connectivity index (χ1) is 9.46. The summed E-state index contributed by atoms with van der Waals surface area (Å²) >= 11 is 0. The fourth-order valence-corrected chi connectivity index (χ4v) is 5.05. The summed E-state index contributed by atoms with van der Waals surface area (Å²) in [4.78, 5) is 12.8. The molecule has 2 fully saturated rings. The van der Waals surface area contributed by atoms with Crippen molar-refractivity contribution in [3.63, 3.8) is 0 Å². The third-order valence-electron chi connectivity index (χ3n) is 2.53. The summed E-state index contributed by atoms with van der Waals surface area (Å²) in [7, 11) is -6.79. The Kier molecular flexibility index (Phi) is 5.23. The van der Waals surface area contributed by atoms with Gasteiger partial charge in [0.2, 0.25) is 0 Å². The van der Waals surface area contributed by atoms with Crippen LogP contribution >= 0.6 is 15.2 Å². The van der Waals surface area contributed by atoms with Crippen LogP contribution < -0.4 is 0 Å². The van der Waals surface area contributed by atoms with E-state index in [1.54, 1.807) is 6.92 Å². The topological polar surface area (TPSA) is 101 Å². The molecule has 0 radical (unpaired) electrons. The Bertz CT molecular complexity index is 403. The molecule has 11 heteroatoms. The fraction of sp³-hybridized carbons (Fsp3) is 0.889. The second kappa shape index (κ2) is 6.56. The number of nitrogens with zero attached hydrogens (tertiary/aromatic N) is 1. The molecule has 9 nitrogen and oxygen atoms in total. The first-order valence-corrected chi connectivity index (χ1v) is 9.60. The van der Waals surface area contributed by atoms with Crippen LogP contribution in [0.4, 0.5) is 4.79 Å². The predicted octanol–water partition coefficient (Wildman–Crippen LogP) is 1.84. The fourth-order valence-electron chi connectivity index (χ4n) is 1.74. The zero-order chi connectivity index (χ0) is 14.6. The van der Waals surface area contributed by atoms with Crippen molar-refractivity contribution in [2.45, 2.75) is 6.92 Å². The van der Waals surface area contributed by atoms with Crippen molar-refractivity contribution in [3.05, 3.63) is 0 Å². The van der Waals surface area contributed by atoms with Gasteiger partial charge in [-0.15, -0.1) is 0 Å². The van der Waals surface area contributed by atoms with Crippen LogP contribution in [0.5, 0.6) is 0 Å². The Morgan fingerprint density at radius 1 is 1.00 bits per heavy atom. The Morgan fingerprint density at radius 3 is 1.75 bits per heavy atom. The van der Waals surface area contributed by atoms with Crippen LogP contribution in [0.25, 0.3) is 0 Å². The SMILES string of the molecule is CCOC(=O)N(CP1(=O)OCCO1)CP1(=O)OCCO1. The lowest BCUT2D eigenvalue weighted by Gasteiger charge is -2.25. The van der Waals surface area contributed by atoms with Gasteiger partial charge in [0, 0.05) is 0 Å². The molecule has 2 saturated heterocycles. The second-order valence-electron chi connectivity index (χ2n) is 4.08. The van der Waals surface area contributed by atoms with Crippen LogP contribution in [0.15, 0.2) is 0 Å². The van der Waals surface area contributed by atoms with Gasteiger partial charge in [-0.25, -0.2) is 4.79 Å². The van der Waals surface area contributed by atoms with Crippen molar-refractivity contribution in [1.82, 2.24) is 4.90 Å². The average molecular weight is 329 g/mol. The smallest absolute Gasteiger partial charge is 0.410 e. The van der Waals surface area contributed by atoms with Gasteiger partial charge in [-0.05, 0) is 6.92 Å². The van der Waals surface area contributed by atoms with E-state index in [-0.39, 0.29) is 45.6 Å². The standard InChI is InChI=1S/C9H17NO8P2/c1-2-14-9(11)10(7-19(12)15-3-4-16-19)8-20(13)17-5-6-18-20/h2-8H2,1H3. The zero-order valence-electron chi connectivity index (χ0n) is 11.1. The van der Waals surface area contributed by atoms with Crippen molar-refractivity contribution in [1.29, 1.82) is 0 Å². The molecule has 0 unspecified atom stereocenters. The molecule has 0 bridgehead atoms. The molecule has 0 aromatic rings. The summed E-state index contributed by atoms with van der Waals surface area (Å²) in [5.41, 5.74) is 0. The number of rotatable bonds is 5. The minimum Gasteiger partial charge on any atom is -0.450 e. The largest absolute Gasteiger partial charge is 0.450 e. The monoisotopic (exact) mass is 329 g/mol. The number of ether oxygens (including phenoxy) is 1. The van der Waals surface area contributed by atoms with Crippen LogP contribution in [0.3, 0.4) is 0 Å². The summed E-state index contributed by atoms with van der Waals surface area (Å²) in [6.07, 6.45) is -1.46. The molecule has 0 N–H and O–H groups in total. The minimum absolute atomic E-state index is 0.132. The van der Waals surface area contributed by atoms with Crippen molar-refractivity contribution >= 4 is 21.3 Å². The molecule has 0 atom stereocenters. The number of carbonyl (C=O) groups excluding carboxylic acids is 1. The zero-order valence-corrected chi connectivity index (χ0v) is 12.8. The van der Waals surface area contributed by atoms with Crippen LogP contribution in [0, 0.1) is 0 Å². The number of hydrogen-bond donors (Lipinski definition) is 0.